The van der Waals surface area contributed by atoms with Crippen LogP contribution in [0.15, 0.2) is 57.5 Å². The fraction of sp³-hybridized carbons (Fsp3) is 0.345. The van der Waals surface area contributed by atoms with Crippen LogP contribution in [0.4, 0.5) is 0 Å². The molecule has 0 fully saturated rings. The number of carboxylic acids is 1. The van der Waals surface area contributed by atoms with E-state index in [1.165, 1.54) is 5.56 Å². The van der Waals surface area contributed by atoms with Gasteiger partial charge in [0, 0.05) is 17.2 Å². The average molecular weight is 619 g/mol. The number of nitrogens with one attached hydrogen (secondary N) is 1. The number of benzene rings is 3. The van der Waals surface area contributed by atoms with Gasteiger partial charge in [-0.25, -0.2) is 0 Å². The van der Waals surface area contributed by atoms with Crippen LogP contribution in [0.3, 0.4) is 0 Å². The van der Waals surface area contributed by atoms with E-state index in [0.717, 1.165) is 22.4 Å². The van der Waals surface area contributed by atoms with Crippen LogP contribution in [-0.4, -0.2) is 24.2 Å². The smallest absolute Gasteiger partial charge is 0.307 e. The predicted octanol–water partition coefficient (Wildman–Crippen LogP) is 8.16. The highest BCUT2D eigenvalue weighted by Crippen LogP contribution is 2.44. The summed E-state index contributed by atoms with van der Waals surface area (Å²) in [5.74, 6) is 1.42. The molecule has 5 nitrogen and oxygen atoms in total. The van der Waals surface area contributed by atoms with Crippen molar-refractivity contribution in [3.63, 3.8) is 0 Å². The van der Waals surface area contributed by atoms with E-state index in [9.17, 15) is 9.90 Å². The van der Waals surface area contributed by atoms with E-state index >= 15 is 0 Å². The SMILES string of the molecule is COc1cc(C(NC(C)C)c2cccc(C)c2)c(Oc2c(Br)cc(CC(=O)O)cc2Br)cc1C(C)C. The van der Waals surface area contributed by atoms with E-state index < -0.39 is 5.97 Å². The molecule has 0 heterocycles. The van der Waals surface area contributed by atoms with Crippen LogP contribution < -0.4 is 14.8 Å². The molecule has 0 spiro atoms. The second-order valence-corrected chi connectivity index (χ2v) is 11.2. The highest BCUT2D eigenvalue weighted by molar-refractivity contribution is 9.11. The summed E-state index contributed by atoms with van der Waals surface area (Å²) in [5, 5.41) is 12.9. The molecule has 0 amide bonds. The topological polar surface area (TPSA) is 67.8 Å². The molecule has 0 saturated heterocycles. The molecular formula is C29H33Br2NO4. The van der Waals surface area contributed by atoms with Crippen LogP contribution in [-0.2, 0) is 11.2 Å². The number of methoxy groups -OCH3 is 1. The number of hydrogen-bond acceptors (Lipinski definition) is 4. The summed E-state index contributed by atoms with van der Waals surface area (Å²) in [7, 11) is 1.69. The third-order valence-electron chi connectivity index (χ3n) is 5.80. The molecule has 1 atom stereocenters. The molecule has 3 aromatic rings. The first-order chi connectivity index (χ1) is 17.0. The Hall–Kier alpha value is -2.35. The second-order valence-electron chi connectivity index (χ2n) is 9.52. The summed E-state index contributed by atoms with van der Waals surface area (Å²) in [4.78, 5) is 11.2. The quantitative estimate of drug-likeness (QED) is 0.240. The largest absolute Gasteiger partial charge is 0.496 e. The van der Waals surface area contributed by atoms with Crippen molar-refractivity contribution < 1.29 is 19.4 Å². The van der Waals surface area contributed by atoms with Gasteiger partial charge < -0.3 is 19.9 Å². The molecular weight excluding hydrogens is 586 g/mol. The summed E-state index contributed by atoms with van der Waals surface area (Å²) in [5.41, 5.74) is 4.96. The lowest BCUT2D eigenvalue weighted by Gasteiger charge is -2.27. The number of rotatable bonds is 10. The minimum atomic E-state index is -0.887. The molecule has 0 radical (unpaired) electrons. The van der Waals surface area contributed by atoms with Crippen LogP contribution in [0, 0.1) is 6.92 Å². The van der Waals surface area contributed by atoms with Crippen molar-refractivity contribution in [1.82, 2.24) is 5.32 Å². The van der Waals surface area contributed by atoms with Crippen molar-refractivity contribution in [2.45, 2.75) is 59.0 Å². The van der Waals surface area contributed by atoms with Crippen molar-refractivity contribution in [1.29, 1.82) is 0 Å². The normalized spacial score (nSPS) is 12.2. The van der Waals surface area contributed by atoms with Gasteiger partial charge in [0.2, 0.25) is 0 Å². The molecule has 0 aliphatic rings. The number of halogens is 2. The van der Waals surface area contributed by atoms with E-state index in [1.54, 1.807) is 19.2 Å². The van der Waals surface area contributed by atoms with Gasteiger partial charge in [-0.15, -0.1) is 0 Å². The van der Waals surface area contributed by atoms with Crippen LogP contribution in [0.2, 0.25) is 0 Å². The summed E-state index contributed by atoms with van der Waals surface area (Å²) < 4.78 is 13.8. The number of carboxylic acid groups (broad SMARTS) is 1. The van der Waals surface area contributed by atoms with Gasteiger partial charge in [-0.05, 0) is 93.9 Å². The predicted molar refractivity (Wildman–Crippen MR) is 152 cm³/mol. The molecule has 3 rings (SSSR count). The molecule has 3 aromatic carbocycles. The Balaban J connectivity index is 2.21. The van der Waals surface area contributed by atoms with Gasteiger partial charge in [-0.2, -0.15) is 0 Å². The molecule has 0 aromatic heterocycles. The zero-order valence-corrected chi connectivity index (χ0v) is 24.7. The second kappa shape index (κ2) is 12.3. The molecule has 7 heteroatoms. The van der Waals surface area contributed by atoms with E-state index in [0.29, 0.717) is 26.0 Å². The zero-order chi connectivity index (χ0) is 26.6. The number of carbonyl (C=O) groups is 1. The lowest BCUT2D eigenvalue weighted by molar-refractivity contribution is -0.136. The van der Waals surface area contributed by atoms with Crippen LogP contribution in [0.5, 0.6) is 17.2 Å². The maximum absolute atomic E-state index is 11.2. The lowest BCUT2D eigenvalue weighted by atomic mass is 9.92. The van der Waals surface area contributed by atoms with Gasteiger partial charge in [0.15, 0.2) is 5.75 Å². The molecule has 0 aliphatic heterocycles. The zero-order valence-electron chi connectivity index (χ0n) is 21.5. The van der Waals surface area contributed by atoms with Crippen molar-refractivity contribution in [3.05, 3.63) is 85.3 Å². The van der Waals surface area contributed by atoms with Gasteiger partial charge in [0.05, 0.1) is 28.5 Å². The number of ether oxygens (including phenoxy) is 2. The maximum Gasteiger partial charge on any atom is 0.307 e. The van der Waals surface area contributed by atoms with Crippen LogP contribution in [0.25, 0.3) is 0 Å². The molecule has 0 bridgehead atoms. The number of aryl methyl sites for hydroxylation is 1. The van der Waals surface area contributed by atoms with E-state index in [1.807, 2.05) is 6.07 Å². The summed E-state index contributed by atoms with van der Waals surface area (Å²) in [6.45, 7) is 10.6. The van der Waals surface area contributed by atoms with Gasteiger partial charge in [-0.3, -0.25) is 4.79 Å². The van der Waals surface area contributed by atoms with Crippen LogP contribution >= 0.6 is 31.9 Å². The summed E-state index contributed by atoms with van der Waals surface area (Å²) in [6.07, 6.45) is -0.0729. The Labute approximate surface area is 230 Å². The first kappa shape index (κ1) is 28.2. The first-order valence-electron chi connectivity index (χ1n) is 11.9. The molecule has 0 aliphatic carbocycles. The Morgan fingerprint density at radius 1 is 0.972 bits per heavy atom. The standard InChI is InChI=1S/C29H33Br2NO4/c1-16(2)21-14-26(36-29-23(30)11-19(12-24(29)31)13-27(33)34)22(15-25(21)35-6)28(32-17(3)4)20-9-7-8-18(5)10-20/h7-12,14-17,28,32H,13H2,1-6H3,(H,33,34). The highest BCUT2D eigenvalue weighted by atomic mass is 79.9. The fourth-order valence-electron chi connectivity index (χ4n) is 4.18. The Kier molecular flexibility index (Phi) is 9.61. The van der Waals surface area contributed by atoms with Gasteiger partial charge >= 0.3 is 5.97 Å². The molecule has 36 heavy (non-hydrogen) atoms. The van der Waals surface area contributed by atoms with Gasteiger partial charge in [0.1, 0.15) is 11.5 Å². The monoisotopic (exact) mass is 617 g/mol. The van der Waals surface area contributed by atoms with Crippen molar-refractivity contribution in [2.24, 2.45) is 0 Å². The Bertz CT molecular complexity index is 1220. The van der Waals surface area contributed by atoms with Crippen molar-refractivity contribution >= 4 is 37.8 Å². The lowest BCUT2D eigenvalue weighted by Crippen LogP contribution is -2.29. The van der Waals surface area contributed by atoms with Crippen LogP contribution in [0.1, 0.15) is 67.5 Å². The highest BCUT2D eigenvalue weighted by Gasteiger charge is 2.25. The third kappa shape index (κ3) is 6.90. The van der Waals surface area contributed by atoms with Gasteiger partial charge in [-0.1, -0.05) is 43.7 Å². The first-order valence-corrected chi connectivity index (χ1v) is 13.5. The van der Waals surface area contributed by atoms with E-state index in [4.69, 9.17) is 9.47 Å². The number of aliphatic carboxylic acids is 1. The Morgan fingerprint density at radius 2 is 1.61 bits per heavy atom. The van der Waals surface area contributed by atoms with Gasteiger partial charge in [0.25, 0.3) is 0 Å². The summed E-state index contributed by atoms with van der Waals surface area (Å²) >= 11 is 7.18. The summed E-state index contributed by atoms with van der Waals surface area (Å²) in [6, 6.07) is 16.2. The minimum Gasteiger partial charge on any atom is -0.496 e. The van der Waals surface area contributed by atoms with E-state index in [2.05, 4.69) is 102 Å². The molecule has 192 valence electrons. The molecule has 2 N–H and O–H groups in total. The molecule has 0 saturated carbocycles. The van der Waals surface area contributed by atoms with Crippen molar-refractivity contribution in [2.75, 3.05) is 7.11 Å². The Morgan fingerprint density at radius 3 is 2.14 bits per heavy atom. The maximum atomic E-state index is 11.2. The minimum absolute atomic E-state index is 0.0729. The fourth-order valence-corrected chi connectivity index (χ4v) is 5.62. The van der Waals surface area contributed by atoms with Crippen molar-refractivity contribution in [3.8, 4) is 17.2 Å². The van der Waals surface area contributed by atoms with E-state index in [-0.39, 0.29) is 24.4 Å². The molecule has 1 unspecified atom stereocenters. The number of hydrogen-bond donors (Lipinski definition) is 2. The third-order valence-corrected chi connectivity index (χ3v) is 6.97. The average Bonchev–Trinajstić information content (AvgIpc) is 2.79.